The van der Waals surface area contributed by atoms with Crippen molar-refractivity contribution in [2.75, 3.05) is 19.0 Å². The van der Waals surface area contributed by atoms with E-state index in [2.05, 4.69) is 62.3 Å². The molecular formula is C18H21N. The molecule has 19 heavy (non-hydrogen) atoms. The quantitative estimate of drug-likeness (QED) is 0.671. The number of hydrogen-bond donors (Lipinski definition) is 0. The average molecular weight is 251 g/mol. The van der Waals surface area contributed by atoms with E-state index in [9.17, 15) is 0 Å². The highest BCUT2D eigenvalue weighted by molar-refractivity contribution is 5.79. The highest BCUT2D eigenvalue weighted by Crippen LogP contribution is 2.38. The molecule has 0 saturated carbocycles. The summed E-state index contributed by atoms with van der Waals surface area (Å²) < 4.78 is 0. The molecule has 0 spiro atoms. The first kappa shape index (κ1) is 12.3. The number of rotatable bonds is 3. The molecule has 0 aliphatic heterocycles. The zero-order valence-electron chi connectivity index (χ0n) is 12.0. The Morgan fingerprint density at radius 3 is 2.32 bits per heavy atom. The van der Waals surface area contributed by atoms with Gasteiger partial charge in [-0.15, -0.1) is 0 Å². The Kier molecular flexibility index (Phi) is 3.06. The van der Waals surface area contributed by atoms with E-state index < -0.39 is 0 Å². The zero-order valence-corrected chi connectivity index (χ0v) is 12.0. The molecule has 1 nitrogen and oxygen atoms in total. The molecule has 1 aliphatic rings. The molecule has 0 heterocycles. The van der Waals surface area contributed by atoms with E-state index in [1.165, 1.54) is 46.3 Å². The molecule has 0 N–H and O–H groups in total. The predicted molar refractivity (Wildman–Crippen MR) is 83.0 cm³/mol. The molecule has 0 bridgehead atoms. The van der Waals surface area contributed by atoms with Gasteiger partial charge in [-0.1, -0.05) is 37.6 Å². The normalized spacial score (nSPS) is 12.2. The minimum absolute atomic E-state index is 1.09. The number of anilines is 1. The Hall–Kier alpha value is -1.76. The zero-order chi connectivity index (χ0) is 13.4. The van der Waals surface area contributed by atoms with Crippen molar-refractivity contribution >= 4 is 5.69 Å². The summed E-state index contributed by atoms with van der Waals surface area (Å²) >= 11 is 0. The summed E-state index contributed by atoms with van der Waals surface area (Å²) in [5, 5.41) is 0. The van der Waals surface area contributed by atoms with Gasteiger partial charge < -0.3 is 4.90 Å². The molecule has 3 rings (SSSR count). The summed E-state index contributed by atoms with van der Waals surface area (Å²) in [5.41, 5.74) is 8.58. The SMILES string of the molecule is CCCc1ccc2c(c1)Cc1cc(N(C)C)ccc1-2. The van der Waals surface area contributed by atoms with Crippen LogP contribution >= 0.6 is 0 Å². The van der Waals surface area contributed by atoms with Crippen molar-refractivity contribution in [3.8, 4) is 11.1 Å². The minimum Gasteiger partial charge on any atom is -0.378 e. The third kappa shape index (κ3) is 2.14. The fourth-order valence-corrected chi connectivity index (χ4v) is 2.97. The van der Waals surface area contributed by atoms with Gasteiger partial charge in [0.2, 0.25) is 0 Å². The lowest BCUT2D eigenvalue weighted by Crippen LogP contribution is -2.08. The van der Waals surface area contributed by atoms with Gasteiger partial charge in [0.15, 0.2) is 0 Å². The van der Waals surface area contributed by atoms with Gasteiger partial charge in [0.05, 0.1) is 0 Å². The first-order chi connectivity index (χ1) is 9.19. The van der Waals surface area contributed by atoms with Crippen LogP contribution in [0.3, 0.4) is 0 Å². The van der Waals surface area contributed by atoms with Crippen molar-refractivity contribution in [1.82, 2.24) is 0 Å². The molecule has 98 valence electrons. The van der Waals surface area contributed by atoms with E-state index in [1.807, 2.05) is 0 Å². The smallest absolute Gasteiger partial charge is 0.0364 e. The van der Waals surface area contributed by atoms with Gasteiger partial charge in [0.1, 0.15) is 0 Å². The van der Waals surface area contributed by atoms with Crippen LogP contribution in [0.5, 0.6) is 0 Å². The number of fused-ring (bicyclic) bond motifs is 3. The Morgan fingerprint density at radius 2 is 1.63 bits per heavy atom. The fraction of sp³-hybridized carbons (Fsp3) is 0.333. The molecule has 0 unspecified atom stereocenters. The van der Waals surface area contributed by atoms with Crippen LogP contribution in [0.1, 0.15) is 30.0 Å². The number of hydrogen-bond acceptors (Lipinski definition) is 1. The van der Waals surface area contributed by atoms with Crippen LogP contribution in [-0.4, -0.2) is 14.1 Å². The molecular weight excluding hydrogens is 230 g/mol. The molecule has 1 aliphatic carbocycles. The van der Waals surface area contributed by atoms with Gasteiger partial charge in [-0.3, -0.25) is 0 Å². The Morgan fingerprint density at radius 1 is 0.947 bits per heavy atom. The second-order valence-corrected chi connectivity index (χ2v) is 5.65. The Labute approximate surface area is 115 Å². The second kappa shape index (κ2) is 4.73. The fourth-order valence-electron chi connectivity index (χ4n) is 2.97. The van der Waals surface area contributed by atoms with E-state index in [1.54, 1.807) is 0 Å². The molecule has 0 atom stereocenters. The van der Waals surface area contributed by atoms with Gasteiger partial charge >= 0.3 is 0 Å². The Bertz CT molecular complexity index is 611. The van der Waals surface area contributed by atoms with Crippen molar-refractivity contribution < 1.29 is 0 Å². The third-order valence-corrected chi connectivity index (χ3v) is 3.98. The molecule has 0 amide bonds. The summed E-state index contributed by atoms with van der Waals surface area (Å²) in [7, 11) is 4.20. The van der Waals surface area contributed by atoms with Crippen LogP contribution in [0.15, 0.2) is 36.4 Å². The summed E-state index contributed by atoms with van der Waals surface area (Å²) in [4.78, 5) is 2.17. The van der Waals surface area contributed by atoms with Crippen molar-refractivity contribution in [2.45, 2.75) is 26.2 Å². The molecule has 0 aromatic heterocycles. The van der Waals surface area contributed by atoms with Gasteiger partial charge in [-0.25, -0.2) is 0 Å². The molecule has 0 saturated heterocycles. The van der Waals surface area contributed by atoms with Gasteiger partial charge in [-0.2, -0.15) is 0 Å². The minimum atomic E-state index is 1.09. The summed E-state index contributed by atoms with van der Waals surface area (Å²) in [5.74, 6) is 0. The first-order valence-corrected chi connectivity index (χ1v) is 7.11. The van der Waals surface area contributed by atoms with E-state index in [4.69, 9.17) is 0 Å². The standard InChI is InChI=1S/C18H21N/c1-4-5-13-6-8-17-14(10-13)11-15-12-16(19(2)3)7-9-18(15)17/h6-10,12H,4-5,11H2,1-3H3. The van der Waals surface area contributed by atoms with Crippen LogP contribution in [0.4, 0.5) is 5.69 Å². The highest BCUT2D eigenvalue weighted by Gasteiger charge is 2.19. The largest absolute Gasteiger partial charge is 0.378 e. The number of nitrogens with zero attached hydrogens (tertiary/aromatic N) is 1. The summed E-state index contributed by atoms with van der Waals surface area (Å²) in [6.45, 7) is 2.24. The number of aryl methyl sites for hydroxylation is 1. The lowest BCUT2D eigenvalue weighted by molar-refractivity contribution is 0.920. The van der Waals surface area contributed by atoms with Crippen molar-refractivity contribution in [2.24, 2.45) is 0 Å². The van der Waals surface area contributed by atoms with E-state index >= 15 is 0 Å². The summed E-state index contributed by atoms with van der Waals surface area (Å²) in [6, 6.07) is 13.8. The molecule has 2 aromatic carbocycles. The molecule has 0 fully saturated rings. The van der Waals surface area contributed by atoms with E-state index in [0.717, 1.165) is 6.42 Å². The van der Waals surface area contributed by atoms with Gasteiger partial charge in [-0.05, 0) is 52.8 Å². The van der Waals surface area contributed by atoms with E-state index in [-0.39, 0.29) is 0 Å². The second-order valence-electron chi connectivity index (χ2n) is 5.65. The lowest BCUT2D eigenvalue weighted by atomic mass is 10.0. The molecule has 0 radical (unpaired) electrons. The average Bonchev–Trinajstić information content (AvgIpc) is 2.75. The van der Waals surface area contributed by atoms with Crippen molar-refractivity contribution in [3.63, 3.8) is 0 Å². The maximum atomic E-state index is 2.40. The first-order valence-electron chi connectivity index (χ1n) is 7.11. The van der Waals surface area contributed by atoms with Crippen LogP contribution in [0.2, 0.25) is 0 Å². The van der Waals surface area contributed by atoms with Crippen LogP contribution < -0.4 is 4.90 Å². The molecule has 1 heteroatoms. The van der Waals surface area contributed by atoms with Crippen molar-refractivity contribution in [1.29, 1.82) is 0 Å². The van der Waals surface area contributed by atoms with Gasteiger partial charge in [0, 0.05) is 19.8 Å². The molecule has 2 aromatic rings. The lowest BCUT2D eigenvalue weighted by Gasteiger charge is -2.13. The van der Waals surface area contributed by atoms with Crippen LogP contribution in [-0.2, 0) is 12.8 Å². The maximum absolute atomic E-state index is 2.40. The highest BCUT2D eigenvalue weighted by atomic mass is 15.1. The maximum Gasteiger partial charge on any atom is 0.0364 e. The monoisotopic (exact) mass is 251 g/mol. The predicted octanol–water partition coefficient (Wildman–Crippen LogP) is 4.28. The number of benzene rings is 2. The third-order valence-electron chi connectivity index (χ3n) is 3.98. The van der Waals surface area contributed by atoms with Gasteiger partial charge in [0.25, 0.3) is 0 Å². The van der Waals surface area contributed by atoms with Crippen molar-refractivity contribution in [3.05, 3.63) is 53.1 Å². The summed E-state index contributed by atoms with van der Waals surface area (Å²) in [6.07, 6.45) is 3.49. The topological polar surface area (TPSA) is 3.24 Å². The van der Waals surface area contributed by atoms with E-state index in [0.29, 0.717) is 0 Å². The van der Waals surface area contributed by atoms with Crippen LogP contribution in [0, 0.1) is 0 Å². The Balaban J connectivity index is 2.00. The van der Waals surface area contributed by atoms with Crippen LogP contribution in [0.25, 0.3) is 11.1 Å².